The lowest BCUT2D eigenvalue weighted by Gasteiger charge is -2.38. The molecule has 0 amide bonds. The van der Waals surface area contributed by atoms with Gasteiger partial charge in [0.25, 0.3) is 0 Å². The fourth-order valence-corrected chi connectivity index (χ4v) is 3.38. The van der Waals surface area contributed by atoms with Gasteiger partial charge < -0.3 is 15.0 Å². The second-order valence-electron chi connectivity index (χ2n) is 6.03. The molecule has 1 saturated heterocycles. The van der Waals surface area contributed by atoms with Crippen molar-refractivity contribution in [3.05, 3.63) is 29.8 Å². The van der Waals surface area contributed by atoms with Crippen LogP contribution in [0.1, 0.15) is 31.4 Å². The Morgan fingerprint density at radius 3 is 2.95 bits per heavy atom. The van der Waals surface area contributed by atoms with Crippen LogP contribution in [0.5, 0.6) is 5.75 Å². The summed E-state index contributed by atoms with van der Waals surface area (Å²) in [7, 11) is 2.22. The predicted molar refractivity (Wildman–Crippen MR) is 77.5 cm³/mol. The first-order chi connectivity index (χ1) is 9.24. The summed E-state index contributed by atoms with van der Waals surface area (Å²) < 4.78 is 5.74. The first-order valence-electron chi connectivity index (χ1n) is 7.40. The number of rotatable bonds is 2. The second kappa shape index (κ2) is 5.51. The molecular weight excluding hydrogens is 236 g/mol. The molecule has 19 heavy (non-hydrogen) atoms. The van der Waals surface area contributed by atoms with Crippen LogP contribution in [-0.2, 0) is 0 Å². The van der Waals surface area contributed by atoms with E-state index in [0.717, 1.165) is 18.8 Å². The molecule has 104 valence electrons. The van der Waals surface area contributed by atoms with E-state index in [1.807, 2.05) is 0 Å². The first kappa shape index (κ1) is 12.9. The van der Waals surface area contributed by atoms with Crippen LogP contribution in [0.15, 0.2) is 24.3 Å². The van der Waals surface area contributed by atoms with Gasteiger partial charge in [-0.3, -0.25) is 0 Å². The quantitative estimate of drug-likeness (QED) is 0.884. The van der Waals surface area contributed by atoms with E-state index in [9.17, 15) is 0 Å². The Morgan fingerprint density at radius 2 is 2.11 bits per heavy atom. The van der Waals surface area contributed by atoms with Gasteiger partial charge in [-0.15, -0.1) is 0 Å². The molecular formula is C16H24N2O. The Morgan fingerprint density at radius 1 is 1.26 bits per heavy atom. The lowest BCUT2D eigenvalue weighted by Crippen LogP contribution is -2.48. The number of para-hydroxylation sites is 1. The van der Waals surface area contributed by atoms with E-state index in [1.165, 1.54) is 25.1 Å². The van der Waals surface area contributed by atoms with Crippen LogP contribution < -0.4 is 10.1 Å². The third kappa shape index (κ3) is 2.77. The molecule has 3 atom stereocenters. The summed E-state index contributed by atoms with van der Waals surface area (Å²) in [4.78, 5) is 2.43. The van der Waals surface area contributed by atoms with Gasteiger partial charge in [-0.25, -0.2) is 0 Å². The molecule has 3 rings (SSSR count). The van der Waals surface area contributed by atoms with Crippen LogP contribution in [0.3, 0.4) is 0 Å². The summed E-state index contributed by atoms with van der Waals surface area (Å²) >= 11 is 0. The first-order valence-corrected chi connectivity index (χ1v) is 7.40. The molecule has 0 aromatic heterocycles. The van der Waals surface area contributed by atoms with Crippen LogP contribution in [0, 0.1) is 5.92 Å². The van der Waals surface area contributed by atoms with E-state index in [1.54, 1.807) is 0 Å². The van der Waals surface area contributed by atoms with Gasteiger partial charge in [0.1, 0.15) is 5.75 Å². The van der Waals surface area contributed by atoms with Crippen molar-refractivity contribution in [3.63, 3.8) is 0 Å². The molecule has 1 fully saturated rings. The zero-order valence-corrected chi connectivity index (χ0v) is 11.9. The molecule has 1 aromatic rings. The average Bonchev–Trinajstić information content (AvgIpc) is 2.42. The molecule has 3 unspecified atom stereocenters. The molecule has 0 saturated carbocycles. The summed E-state index contributed by atoms with van der Waals surface area (Å²) in [5.74, 6) is 1.78. The molecule has 2 aliphatic heterocycles. The Hall–Kier alpha value is -1.06. The van der Waals surface area contributed by atoms with Crippen LogP contribution in [0.4, 0.5) is 0 Å². The van der Waals surface area contributed by atoms with E-state index >= 15 is 0 Å². The van der Waals surface area contributed by atoms with Crippen molar-refractivity contribution in [1.29, 1.82) is 0 Å². The van der Waals surface area contributed by atoms with Crippen LogP contribution in [0.2, 0.25) is 0 Å². The second-order valence-corrected chi connectivity index (χ2v) is 6.03. The molecule has 2 heterocycles. The largest absolute Gasteiger partial charge is 0.493 e. The lowest BCUT2D eigenvalue weighted by atomic mass is 9.91. The predicted octanol–water partition coefficient (Wildman–Crippen LogP) is 2.44. The number of likely N-dealkylation sites (tertiary alicyclic amines) is 1. The molecule has 1 aromatic carbocycles. The van der Waals surface area contributed by atoms with Gasteiger partial charge in [0.15, 0.2) is 0 Å². The highest BCUT2D eigenvalue weighted by Gasteiger charge is 2.29. The lowest BCUT2D eigenvalue weighted by molar-refractivity contribution is 0.154. The zero-order chi connectivity index (χ0) is 13.2. The normalized spacial score (nSPS) is 31.6. The fraction of sp³-hybridized carbons (Fsp3) is 0.625. The van der Waals surface area contributed by atoms with Crippen molar-refractivity contribution in [3.8, 4) is 5.75 Å². The van der Waals surface area contributed by atoms with Gasteiger partial charge in [0.2, 0.25) is 0 Å². The molecule has 3 nitrogen and oxygen atoms in total. The third-order valence-corrected chi connectivity index (χ3v) is 4.48. The number of fused-ring (bicyclic) bond motifs is 1. The number of hydrogen-bond acceptors (Lipinski definition) is 3. The summed E-state index contributed by atoms with van der Waals surface area (Å²) in [6, 6.07) is 9.54. The van der Waals surface area contributed by atoms with E-state index < -0.39 is 0 Å². The van der Waals surface area contributed by atoms with Gasteiger partial charge in [-0.05, 0) is 32.0 Å². The highest BCUT2D eigenvalue weighted by Crippen LogP contribution is 2.33. The number of ether oxygens (including phenoxy) is 1. The van der Waals surface area contributed by atoms with Crippen LogP contribution in [0.25, 0.3) is 0 Å². The highest BCUT2D eigenvalue weighted by molar-refractivity contribution is 5.37. The summed E-state index contributed by atoms with van der Waals surface area (Å²) in [6.07, 6.45) is 2.33. The topological polar surface area (TPSA) is 24.5 Å². The molecule has 0 aliphatic carbocycles. The maximum atomic E-state index is 5.74. The van der Waals surface area contributed by atoms with Crippen molar-refractivity contribution < 1.29 is 4.74 Å². The number of nitrogens with one attached hydrogen (secondary N) is 1. The Balaban J connectivity index is 1.71. The monoisotopic (exact) mass is 260 g/mol. The minimum atomic E-state index is 0.459. The van der Waals surface area contributed by atoms with E-state index in [4.69, 9.17) is 4.74 Å². The zero-order valence-electron chi connectivity index (χ0n) is 11.9. The fourth-order valence-electron chi connectivity index (χ4n) is 3.38. The maximum Gasteiger partial charge on any atom is 0.124 e. The molecule has 1 N–H and O–H groups in total. The number of benzene rings is 1. The minimum absolute atomic E-state index is 0.459. The smallest absolute Gasteiger partial charge is 0.124 e. The highest BCUT2D eigenvalue weighted by atomic mass is 16.5. The van der Waals surface area contributed by atoms with Gasteiger partial charge in [0.05, 0.1) is 6.61 Å². The van der Waals surface area contributed by atoms with E-state index in [2.05, 4.69) is 48.5 Å². The van der Waals surface area contributed by atoms with Gasteiger partial charge in [-0.1, -0.05) is 25.1 Å². The van der Waals surface area contributed by atoms with Crippen molar-refractivity contribution in [2.24, 2.45) is 5.92 Å². The van der Waals surface area contributed by atoms with Gasteiger partial charge >= 0.3 is 0 Å². The van der Waals surface area contributed by atoms with Crippen molar-refractivity contribution in [2.45, 2.75) is 31.8 Å². The third-order valence-electron chi connectivity index (χ3n) is 4.48. The number of piperidine rings is 1. The average molecular weight is 260 g/mol. The summed E-state index contributed by atoms with van der Waals surface area (Å²) in [5.41, 5.74) is 1.33. The van der Waals surface area contributed by atoms with Crippen molar-refractivity contribution >= 4 is 0 Å². The van der Waals surface area contributed by atoms with Crippen LogP contribution in [-0.4, -0.2) is 37.7 Å². The molecule has 2 aliphatic rings. The Bertz CT molecular complexity index is 435. The van der Waals surface area contributed by atoms with E-state index in [-0.39, 0.29) is 0 Å². The van der Waals surface area contributed by atoms with Crippen molar-refractivity contribution in [2.75, 3.05) is 26.7 Å². The molecule has 0 radical (unpaired) electrons. The maximum absolute atomic E-state index is 5.74. The van der Waals surface area contributed by atoms with Gasteiger partial charge in [0, 0.05) is 30.6 Å². The SMILES string of the molecule is CC1CN(C)CCC1NC1CCOc2ccccc21. The minimum Gasteiger partial charge on any atom is -0.493 e. The number of hydrogen-bond donors (Lipinski definition) is 1. The molecule has 0 spiro atoms. The molecule has 3 heteroatoms. The van der Waals surface area contributed by atoms with Crippen LogP contribution >= 0.6 is 0 Å². The Kier molecular flexibility index (Phi) is 3.76. The van der Waals surface area contributed by atoms with E-state index in [0.29, 0.717) is 18.0 Å². The Labute approximate surface area is 115 Å². The summed E-state index contributed by atoms with van der Waals surface area (Å²) in [6.45, 7) is 5.59. The standard InChI is InChI=1S/C16H24N2O/c1-12-11-18(2)9-7-14(12)17-15-8-10-19-16-6-4-3-5-13(15)16/h3-6,12,14-15,17H,7-11H2,1-2H3. The van der Waals surface area contributed by atoms with Gasteiger partial charge in [-0.2, -0.15) is 0 Å². The molecule has 0 bridgehead atoms. The van der Waals surface area contributed by atoms with Crippen molar-refractivity contribution in [1.82, 2.24) is 10.2 Å². The number of nitrogens with zero attached hydrogens (tertiary/aromatic N) is 1. The summed E-state index contributed by atoms with van der Waals surface area (Å²) in [5, 5.41) is 3.88.